The predicted octanol–water partition coefficient (Wildman–Crippen LogP) is 2.24. The van der Waals surface area contributed by atoms with Crippen LogP contribution in [0.2, 0.25) is 0 Å². The first kappa shape index (κ1) is 22.3. The fraction of sp³-hybridized carbons (Fsp3) is 0.350. The minimum absolute atomic E-state index is 0.0491. The van der Waals surface area contributed by atoms with Gasteiger partial charge in [-0.2, -0.15) is 0 Å². The van der Waals surface area contributed by atoms with Gasteiger partial charge in [-0.15, -0.1) is 0 Å². The van der Waals surface area contributed by atoms with E-state index in [0.717, 1.165) is 37.5 Å². The normalized spacial score (nSPS) is 14.0. The summed E-state index contributed by atoms with van der Waals surface area (Å²) in [6.45, 7) is -0.0491. The van der Waals surface area contributed by atoms with Crippen LogP contribution in [0.5, 0.6) is 0 Å². The van der Waals surface area contributed by atoms with E-state index < -0.39 is 20.0 Å². The lowest BCUT2D eigenvalue weighted by molar-refractivity contribution is -0.116. The Morgan fingerprint density at radius 1 is 0.933 bits per heavy atom. The van der Waals surface area contributed by atoms with Crippen LogP contribution in [0.4, 0.5) is 11.4 Å². The van der Waals surface area contributed by atoms with Gasteiger partial charge in [0.2, 0.25) is 26.0 Å². The molecule has 0 spiro atoms. The Morgan fingerprint density at radius 2 is 1.63 bits per heavy atom. The van der Waals surface area contributed by atoms with Gasteiger partial charge in [-0.05, 0) is 67.1 Å². The summed E-state index contributed by atoms with van der Waals surface area (Å²) in [7, 11) is -7.12. The monoisotopic (exact) mass is 451 g/mol. The van der Waals surface area contributed by atoms with Gasteiger partial charge in [0.15, 0.2) is 0 Å². The quantitative estimate of drug-likeness (QED) is 0.568. The molecule has 0 saturated carbocycles. The number of carbonyl (C=O) groups excluding carboxylic acids is 1. The van der Waals surface area contributed by atoms with Crippen LogP contribution in [0, 0.1) is 0 Å². The molecule has 0 unspecified atom stereocenters. The number of anilines is 2. The van der Waals surface area contributed by atoms with Crippen molar-refractivity contribution in [1.82, 2.24) is 4.72 Å². The number of hydrogen-bond acceptors (Lipinski definition) is 5. The molecule has 0 radical (unpaired) electrons. The third-order valence-electron chi connectivity index (χ3n) is 4.72. The number of amides is 1. The molecule has 2 aromatic carbocycles. The lowest BCUT2D eigenvalue weighted by Crippen LogP contribution is -2.28. The van der Waals surface area contributed by atoms with Gasteiger partial charge < -0.3 is 5.32 Å². The number of carbonyl (C=O) groups is 1. The average Bonchev–Trinajstić information content (AvgIpc) is 2.66. The highest BCUT2D eigenvalue weighted by Gasteiger charge is 2.18. The Kier molecular flexibility index (Phi) is 6.79. The number of aryl methyl sites for hydroxylation is 2. The van der Waals surface area contributed by atoms with Gasteiger partial charge in [0, 0.05) is 18.7 Å². The number of nitrogens with one attached hydrogen (secondary N) is 3. The summed E-state index contributed by atoms with van der Waals surface area (Å²) in [6.07, 6.45) is 5.02. The van der Waals surface area contributed by atoms with Gasteiger partial charge in [-0.1, -0.05) is 12.1 Å². The zero-order valence-electron chi connectivity index (χ0n) is 16.6. The molecule has 3 rings (SSSR count). The van der Waals surface area contributed by atoms with Crippen LogP contribution in [0.25, 0.3) is 0 Å². The van der Waals surface area contributed by atoms with Crippen LogP contribution in [0.3, 0.4) is 0 Å². The van der Waals surface area contributed by atoms with Crippen molar-refractivity contribution in [2.24, 2.45) is 0 Å². The SMILES string of the molecule is CS(=O)(=O)Nc1cccc(NC(=O)CCNS(=O)(=O)c2ccc3c(c2)CCCC3)c1. The topological polar surface area (TPSA) is 121 Å². The van der Waals surface area contributed by atoms with Crippen molar-refractivity contribution in [2.75, 3.05) is 22.8 Å². The van der Waals surface area contributed by atoms with E-state index in [1.54, 1.807) is 30.3 Å². The van der Waals surface area contributed by atoms with Crippen molar-refractivity contribution in [1.29, 1.82) is 0 Å². The summed E-state index contributed by atoms with van der Waals surface area (Å²) in [5.41, 5.74) is 3.01. The second-order valence-corrected chi connectivity index (χ2v) is 10.8. The molecule has 2 aromatic rings. The van der Waals surface area contributed by atoms with Crippen molar-refractivity contribution in [2.45, 2.75) is 37.0 Å². The minimum atomic E-state index is -3.70. The van der Waals surface area contributed by atoms with Crippen LogP contribution in [-0.4, -0.2) is 35.5 Å². The first-order valence-corrected chi connectivity index (χ1v) is 13.0. The lowest BCUT2D eigenvalue weighted by Gasteiger charge is -2.16. The lowest BCUT2D eigenvalue weighted by atomic mass is 9.92. The number of hydrogen-bond donors (Lipinski definition) is 3. The third-order valence-corrected chi connectivity index (χ3v) is 6.79. The van der Waals surface area contributed by atoms with Crippen LogP contribution in [-0.2, 0) is 37.7 Å². The zero-order chi connectivity index (χ0) is 21.8. The molecule has 0 aliphatic heterocycles. The van der Waals surface area contributed by atoms with E-state index in [9.17, 15) is 21.6 Å². The van der Waals surface area contributed by atoms with Gasteiger partial charge >= 0.3 is 0 Å². The Labute approximate surface area is 177 Å². The molecule has 1 aliphatic rings. The van der Waals surface area contributed by atoms with Gasteiger partial charge in [0.25, 0.3) is 0 Å². The maximum atomic E-state index is 12.5. The first-order chi connectivity index (χ1) is 14.1. The molecule has 1 amide bonds. The molecule has 30 heavy (non-hydrogen) atoms. The van der Waals surface area contributed by atoms with E-state index >= 15 is 0 Å². The maximum Gasteiger partial charge on any atom is 0.240 e. The average molecular weight is 452 g/mol. The number of sulfonamides is 2. The van der Waals surface area contributed by atoms with Crippen LogP contribution >= 0.6 is 0 Å². The molecule has 0 atom stereocenters. The van der Waals surface area contributed by atoms with Crippen LogP contribution in [0.1, 0.15) is 30.4 Å². The molecule has 0 saturated heterocycles. The number of fused-ring (bicyclic) bond motifs is 1. The molecule has 0 aromatic heterocycles. The summed E-state index contributed by atoms with van der Waals surface area (Å²) in [5, 5.41) is 2.63. The van der Waals surface area contributed by atoms with Crippen molar-refractivity contribution in [3.63, 3.8) is 0 Å². The number of benzene rings is 2. The fourth-order valence-corrected chi connectivity index (χ4v) is 4.99. The van der Waals surface area contributed by atoms with E-state index in [1.165, 1.54) is 11.6 Å². The molecular formula is C20H25N3O5S2. The molecule has 1 aliphatic carbocycles. The molecule has 162 valence electrons. The van der Waals surface area contributed by atoms with Crippen molar-refractivity contribution >= 4 is 37.3 Å². The minimum Gasteiger partial charge on any atom is -0.326 e. The second kappa shape index (κ2) is 9.15. The van der Waals surface area contributed by atoms with Crippen LogP contribution in [0.15, 0.2) is 47.4 Å². The van der Waals surface area contributed by atoms with E-state index in [-0.39, 0.29) is 23.8 Å². The maximum absolute atomic E-state index is 12.5. The summed E-state index contributed by atoms with van der Waals surface area (Å²) >= 11 is 0. The van der Waals surface area contributed by atoms with Gasteiger partial charge in [0.05, 0.1) is 16.8 Å². The molecular weight excluding hydrogens is 426 g/mol. The Bertz CT molecular complexity index is 1140. The molecule has 8 nitrogen and oxygen atoms in total. The van der Waals surface area contributed by atoms with Gasteiger partial charge in [-0.25, -0.2) is 21.6 Å². The number of rotatable bonds is 8. The molecule has 0 bridgehead atoms. The second-order valence-electron chi connectivity index (χ2n) is 7.29. The smallest absolute Gasteiger partial charge is 0.240 e. The first-order valence-electron chi connectivity index (χ1n) is 9.62. The fourth-order valence-electron chi connectivity index (χ4n) is 3.36. The van der Waals surface area contributed by atoms with E-state index in [4.69, 9.17) is 0 Å². The zero-order valence-corrected chi connectivity index (χ0v) is 18.3. The van der Waals surface area contributed by atoms with Gasteiger partial charge in [0.1, 0.15) is 0 Å². The molecule has 0 fully saturated rings. The predicted molar refractivity (Wildman–Crippen MR) is 116 cm³/mol. The Hall–Kier alpha value is -2.43. The van der Waals surface area contributed by atoms with Crippen molar-refractivity contribution < 1.29 is 21.6 Å². The van der Waals surface area contributed by atoms with Crippen molar-refractivity contribution in [3.8, 4) is 0 Å². The summed E-state index contributed by atoms with van der Waals surface area (Å²) < 4.78 is 52.4. The third kappa shape index (κ3) is 6.28. The van der Waals surface area contributed by atoms with Gasteiger partial charge in [-0.3, -0.25) is 9.52 Å². The summed E-state index contributed by atoms with van der Waals surface area (Å²) in [4.78, 5) is 12.3. The summed E-state index contributed by atoms with van der Waals surface area (Å²) in [5.74, 6) is -0.389. The van der Waals surface area contributed by atoms with Crippen LogP contribution < -0.4 is 14.8 Å². The Balaban J connectivity index is 1.54. The summed E-state index contributed by atoms with van der Waals surface area (Å²) in [6, 6.07) is 11.4. The standard InChI is InChI=1S/C20H25N3O5S2/c1-29(25,26)23-18-8-4-7-17(14-18)22-20(24)11-12-21-30(27,28)19-10-9-15-5-2-3-6-16(15)13-19/h4,7-10,13-14,21,23H,2-3,5-6,11-12H2,1H3,(H,22,24). The molecule has 0 heterocycles. The van der Waals surface area contributed by atoms with E-state index in [1.807, 2.05) is 6.07 Å². The Morgan fingerprint density at radius 3 is 2.37 bits per heavy atom. The van der Waals surface area contributed by atoms with E-state index in [0.29, 0.717) is 11.4 Å². The largest absolute Gasteiger partial charge is 0.326 e. The molecule has 3 N–H and O–H groups in total. The van der Waals surface area contributed by atoms with E-state index in [2.05, 4.69) is 14.8 Å². The molecule has 10 heteroatoms. The highest BCUT2D eigenvalue weighted by Crippen LogP contribution is 2.24. The highest BCUT2D eigenvalue weighted by atomic mass is 32.2. The van der Waals surface area contributed by atoms with Crippen molar-refractivity contribution in [3.05, 3.63) is 53.6 Å². The highest BCUT2D eigenvalue weighted by molar-refractivity contribution is 7.92.